The van der Waals surface area contributed by atoms with Crippen molar-refractivity contribution < 1.29 is 5.11 Å². The number of aliphatic hydroxyl groups excluding tert-OH is 1. The number of aliphatic imine (C=N–C) groups is 1. The van der Waals surface area contributed by atoms with E-state index in [0.717, 1.165) is 54.6 Å². The smallest absolute Gasteiger partial charge is 0.0891 e. The number of rotatable bonds is 6. The normalized spacial score (nSPS) is 22.5. The molecule has 0 radical (unpaired) electrons. The lowest BCUT2D eigenvalue weighted by Gasteiger charge is -2.36. The molecule has 24 heavy (non-hydrogen) atoms. The summed E-state index contributed by atoms with van der Waals surface area (Å²) >= 11 is 8.31. The number of halogens is 1. The van der Waals surface area contributed by atoms with Gasteiger partial charge in [-0.05, 0) is 37.9 Å². The van der Waals surface area contributed by atoms with Crippen LogP contribution in [0.3, 0.4) is 0 Å². The molecular formula is C18H24ClN3OS. The number of anilines is 1. The molecule has 130 valence electrons. The Morgan fingerprint density at radius 2 is 2.38 bits per heavy atom. The maximum atomic E-state index is 8.95. The third-order valence-electron chi connectivity index (χ3n) is 4.35. The molecule has 0 saturated carbocycles. The molecule has 2 aliphatic heterocycles. The number of piperidine rings is 1. The topological polar surface area (TPSA) is 47.9 Å². The molecule has 1 aromatic carbocycles. The minimum absolute atomic E-state index is 0.241. The average molecular weight is 366 g/mol. The molecule has 1 saturated heterocycles. The van der Waals surface area contributed by atoms with Crippen molar-refractivity contribution in [2.24, 2.45) is 4.99 Å². The molecule has 2 aliphatic rings. The zero-order valence-corrected chi connectivity index (χ0v) is 15.3. The maximum Gasteiger partial charge on any atom is 0.0891 e. The fourth-order valence-electron chi connectivity index (χ4n) is 3.22. The lowest BCUT2D eigenvalue weighted by molar-refractivity contribution is 0.280. The SMILES string of the molecule is OCCCN[C@@H]1CCCN(c2c(Cl)cccc2C=C2C=NCS2)C1. The van der Waals surface area contributed by atoms with Gasteiger partial charge in [-0.3, -0.25) is 4.99 Å². The highest BCUT2D eigenvalue weighted by Gasteiger charge is 2.23. The summed E-state index contributed by atoms with van der Waals surface area (Å²) < 4.78 is 0. The summed E-state index contributed by atoms with van der Waals surface area (Å²) in [5, 5.41) is 13.3. The zero-order valence-electron chi connectivity index (χ0n) is 13.7. The molecule has 0 aromatic heterocycles. The van der Waals surface area contributed by atoms with Crippen molar-refractivity contribution in [2.75, 3.05) is 37.0 Å². The monoisotopic (exact) mass is 365 g/mol. The largest absolute Gasteiger partial charge is 0.396 e. The van der Waals surface area contributed by atoms with Crippen LogP contribution in [0.25, 0.3) is 6.08 Å². The quantitative estimate of drug-likeness (QED) is 0.758. The second-order valence-corrected chi connectivity index (χ2v) is 7.55. The van der Waals surface area contributed by atoms with Gasteiger partial charge in [-0.15, -0.1) is 11.8 Å². The van der Waals surface area contributed by atoms with Gasteiger partial charge in [-0.25, -0.2) is 0 Å². The van der Waals surface area contributed by atoms with Crippen LogP contribution in [-0.4, -0.2) is 49.5 Å². The Kier molecular flexibility index (Phi) is 6.60. The lowest BCUT2D eigenvalue weighted by Crippen LogP contribution is -2.46. The fourth-order valence-corrected chi connectivity index (χ4v) is 4.18. The van der Waals surface area contributed by atoms with Gasteiger partial charge in [-0.1, -0.05) is 23.7 Å². The summed E-state index contributed by atoms with van der Waals surface area (Å²) in [5.41, 5.74) is 2.29. The highest BCUT2D eigenvalue weighted by Crippen LogP contribution is 2.35. The predicted molar refractivity (Wildman–Crippen MR) is 105 cm³/mol. The van der Waals surface area contributed by atoms with Crippen LogP contribution in [0.1, 0.15) is 24.8 Å². The van der Waals surface area contributed by atoms with Crippen LogP contribution in [0.15, 0.2) is 28.1 Å². The van der Waals surface area contributed by atoms with Gasteiger partial charge in [0.25, 0.3) is 0 Å². The van der Waals surface area contributed by atoms with E-state index in [4.69, 9.17) is 16.7 Å². The van der Waals surface area contributed by atoms with Gasteiger partial charge in [0, 0.05) is 42.4 Å². The van der Waals surface area contributed by atoms with Crippen LogP contribution in [0, 0.1) is 0 Å². The van der Waals surface area contributed by atoms with E-state index in [-0.39, 0.29) is 6.61 Å². The Bertz CT molecular complexity index is 620. The summed E-state index contributed by atoms with van der Waals surface area (Å²) in [7, 11) is 0. The number of nitrogens with zero attached hydrogens (tertiary/aromatic N) is 2. The first-order chi connectivity index (χ1) is 11.8. The molecular weight excluding hydrogens is 342 g/mol. The molecule has 6 heteroatoms. The van der Waals surface area contributed by atoms with E-state index < -0.39 is 0 Å². The number of aliphatic hydroxyl groups is 1. The molecule has 1 atom stereocenters. The molecule has 0 spiro atoms. The van der Waals surface area contributed by atoms with Gasteiger partial charge in [-0.2, -0.15) is 0 Å². The summed E-state index contributed by atoms with van der Waals surface area (Å²) in [6, 6.07) is 6.56. The van der Waals surface area contributed by atoms with E-state index in [1.807, 2.05) is 18.3 Å². The van der Waals surface area contributed by atoms with Crippen molar-refractivity contribution in [3.63, 3.8) is 0 Å². The number of para-hydroxylation sites is 1. The maximum absolute atomic E-state index is 8.95. The van der Waals surface area contributed by atoms with E-state index in [9.17, 15) is 0 Å². The zero-order chi connectivity index (χ0) is 16.8. The van der Waals surface area contributed by atoms with Gasteiger partial charge >= 0.3 is 0 Å². The van der Waals surface area contributed by atoms with E-state index in [1.54, 1.807) is 11.8 Å². The van der Waals surface area contributed by atoms with E-state index >= 15 is 0 Å². The van der Waals surface area contributed by atoms with E-state index in [0.29, 0.717) is 6.04 Å². The molecule has 0 amide bonds. The Hall–Kier alpha value is -1.01. The van der Waals surface area contributed by atoms with Gasteiger partial charge < -0.3 is 15.3 Å². The minimum atomic E-state index is 0.241. The molecule has 1 aromatic rings. The number of hydrogen-bond acceptors (Lipinski definition) is 5. The molecule has 3 rings (SSSR count). The summed E-state index contributed by atoms with van der Waals surface area (Å²) in [5.74, 6) is 0.808. The molecule has 0 unspecified atom stereocenters. The van der Waals surface area contributed by atoms with Crippen LogP contribution in [0.2, 0.25) is 5.02 Å². The van der Waals surface area contributed by atoms with Gasteiger partial charge in [0.1, 0.15) is 0 Å². The molecule has 0 aliphatic carbocycles. The lowest BCUT2D eigenvalue weighted by atomic mass is 10.0. The number of nitrogens with one attached hydrogen (secondary N) is 1. The summed E-state index contributed by atoms with van der Waals surface area (Å²) in [6.45, 7) is 3.08. The first-order valence-electron chi connectivity index (χ1n) is 8.50. The second kappa shape index (κ2) is 8.90. The van der Waals surface area contributed by atoms with Gasteiger partial charge in [0.15, 0.2) is 0 Å². The second-order valence-electron chi connectivity index (χ2n) is 6.13. The van der Waals surface area contributed by atoms with Crippen molar-refractivity contribution in [1.82, 2.24) is 5.32 Å². The molecule has 0 bridgehead atoms. The van der Waals surface area contributed by atoms with Crippen LogP contribution >= 0.6 is 23.4 Å². The molecule has 2 heterocycles. The first kappa shape index (κ1) is 17.8. The van der Waals surface area contributed by atoms with Crippen LogP contribution < -0.4 is 10.2 Å². The van der Waals surface area contributed by atoms with Crippen LogP contribution in [-0.2, 0) is 0 Å². The Morgan fingerprint density at radius 1 is 1.46 bits per heavy atom. The third-order valence-corrected chi connectivity index (χ3v) is 5.49. The molecule has 2 N–H and O–H groups in total. The Balaban J connectivity index is 1.77. The van der Waals surface area contributed by atoms with Gasteiger partial charge in [0.2, 0.25) is 0 Å². The fraction of sp³-hybridized carbons (Fsp3) is 0.500. The minimum Gasteiger partial charge on any atom is -0.396 e. The molecule has 4 nitrogen and oxygen atoms in total. The number of allylic oxidation sites excluding steroid dienone is 1. The van der Waals surface area contributed by atoms with Crippen molar-refractivity contribution >= 4 is 41.3 Å². The standard InChI is InChI=1S/C18H24ClN3OS/c19-17-6-1-4-14(10-16-11-20-13-24-16)18(17)22-8-2-5-15(12-22)21-7-3-9-23/h1,4,6,10-11,15,21,23H,2-3,5,7-9,12-13H2/t15-/m1/s1. The van der Waals surface area contributed by atoms with Crippen molar-refractivity contribution in [2.45, 2.75) is 25.3 Å². The van der Waals surface area contributed by atoms with Crippen LogP contribution in [0.5, 0.6) is 0 Å². The highest BCUT2D eigenvalue weighted by molar-refractivity contribution is 8.04. The van der Waals surface area contributed by atoms with Crippen molar-refractivity contribution in [1.29, 1.82) is 0 Å². The number of thioether (sulfide) groups is 1. The molecule has 1 fully saturated rings. The van der Waals surface area contributed by atoms with Crippen molar-refractivity contribution in [3.8, 4) is 0 Å². The number of hydrogen-bond donors (Lipinski definition) is 2. The summed E-state index contributed by atoms with van der Waals surface area (Å²) in [6.07, 6.45) is 7.24. The van der Waals surface area contributed by atoms with E-state index in [2.05, 4.69) is 27.4 Å². The van der Waals surface area contributed by atoms with Crippen LogP contribution in [0.4, 0.5) is 5.69 Å². The van der Waals surface area contributed by atoms with Crippen molar-refractivity contribution in [3.05, 3.63) is 33.7 Å². The summed E-state index contributed by atoms with van der Waals surface area (Å²) in [4.78, 5) is 7.85. The number of benzene rings is 1. The highest BCUT2D eigenvalue weighted by atomic mass is 35.5. The Morgan fingerprint density at radius 3 is 3.17 bits per heavy atom. The first-order valence-corrected chi connectivity index (χ1v) is 9.86. The third kappa shape index (κ3) is 4.54. The van der Waals surface area contributed by atoms with E-state index in [1.165, 1.54) is 11.3 Å². The van der Waals surface area contributed by atoms with Gasteiger partial charge in [0.05, 0.1) is 16.6 Å². The Labute approximate surface area is 153 Å². The average Bonchev–Trinajstić information content (AvgIpc) is 3.09. The predicted octanol–water partition coefficient (Wildman–Crippen LogP) is 3.40.